The number of amides is 1. The molecule has 1 N–H and O–H groups in total. The molecule has 1 amide bonds. The summed E-state index contributed by atoms with van der Waals surface area (Å²) in [7, 11) is 1.60. The lowest BCUT2D eigenvalue weighted by molar-refractivity contribution is -0.143. The molecule has 10 heteroatoms. The Kier molecular flexibility index (Phi) is 8.61. The van der Waals surface area contributed by atoms with Crippen LogP contribution in [0.3, 0.4) is 0 Å². The lowest BCUT2D eigenvalue weighted by Crippen LogP contribution is -2.40. The third kappa shape index (κ3) is 6.03. The first-order valence-corrected chi connectivity index (χ1v) is 14.1. The maximum Gasteiger partial charge on any atom is 0.417 e. The lowest BCUT2D eigenvalue weighted by atomic mass is 9.95. The molecule has 0 spiro atoms. The van der Waals surface area contributed by atoms with Crippen LogP contribution in [-0.2, 0) is 26.9 Å². The predicted molar refractivity (Wildman–Crippen MR) is 151 cm³/mol. The van der Waals surface area contributed by atoms with Crippen LogP contribution in [0.15, 0.2) is 59.0 Å². The van der Waals surface area contributed by atoms with Crippen molar-refractivity contribution in [3.63, 3.8) is 0 Å². The van der Waals surface area contributed by atoms with Crippen LogP contribution in [-0.4, -0.2) is 42.0 Å². The average Bonchev–Trinajstić information content (AvgIpc) is 3.61. The topological polar surface area (TPSA) is 84.8 Å². The Morgan fingerprint density at radius 3 is 2.60 bits per heavy atom. The number of methoxy groups -OCH3 is 1. The number of ether oxygens (including phenoxy) is 2. The molecule has 1 atom stereocenters. The van der Waals surface area contributed by atoms with Crippen LogP contribution in [0.25, 0.3) is 22.2 Å². The first kappa shape index (κ1) is 29.3. The summed E-state index contributed by atoms with van der Waals surface area (Å²) in [4.78, 5) is 30.4. The summed E-state index contributed by atoms with van der Waals surface area (Å²) in [5, 5.41) is 0.967. The summed E-state index contributed by atoms with van der Waals surface area (Å²) < 4.78 is 57.8. The SMILES string of the molecule is CCOC(=O)CCCCCC(=O)N1CCc2c([nH]c3ccc(OC)cc23)C1c1ccc(-c2ccccc2C(F)(F)F)o1. The number of halogens is 3. The van der Waals surface area contributed by atoms with E-state index in [1.807, 2.05) is 18.2 Å². The molecule has 1 aliphatic rings. The number of esters is 1. The molecule has 0 saturated carbocycles. The first-order valence-electron chi connectivity index (χ1n) is 14.1. The van der Waals surface area contributed by atoms with Gasteiger partial charge in [0.1, 0.15) is 23.3 Å². The van der Waals surface area contributed by atoms with E-state index >= 15 is 0 Å². The van der Waals surface area contributed by atoms with E-state index in [4.69, 9.17) is 13.9 Å². The van der Waals surface area contributed by atoms with Crippen molar-refractivity contribution in [3.05, 3.63) is 77.2 Å². The standard InChI is InChI=1S/C32H33F3N2O5/c1-3-41-29(39)12-6-4-5-11-28(38)37-18-17-21-23-19-20(40-2)13-14-25(23)36-30(21)31(37)27-16-15-26(42-27)22-9-7-8-10-24(22)32(33,34)35/h7-10,13-16,19,31,36H,3-6,11-12,17-18H2,1-2H3. The number of aromatic amines is 1. The monoisotopic (exact) mass is 582 g/mol. The molecular weight excluding hydrogens is 549 g/mol. The van der Waals surface area contributed by atoms with Gasteiger partial charge in [0.2, 0.25) is 5.91 Å². The van der Waals surface area contributed by atoms with Gasteiger partial charge in [0.25, 0.3) is 0 Å². The molecule has 3 heterocycles. The maximum absolute atomic E-state index is 13.8. The third-order valence-corrected chi connectivity index (χ3v) is 7.63. The van der Waals surface area contributed by atoms with Crippen molar-refractivity contribution in [2.75, 3.05) is 20.3 Å². The van der Waals surface area contributed by atoms with E-state index in [1.54, 1.807) is 25.0 Å². The summed E-state index contributed by atoms with van der Waals surface area (Å²) >= 11 is 0. The van der Waals surface area contributed by atoms with Crippen LogP contribution in [0, 0.1) is 0 Å². The largest absolute Gasteiger partial charge is 0.497 e. The summed E-state index contributed by atoms with van der Waals surface area (Å²) in [5.74, 6) is 0.813. The highest BCUT2D eigenvalue weighted by Crippen LogP contribution is 2.43. The number of unbranched alkanes of at least 4 members (excludes halogenated alkanes) is 2. The van der Waals surface area contributed by atoms with Gasteiger partial charge in [-0.05, 0) is 68.1 Å². The molecule has 0 aliphatic carbocycles. The molecule has 1 unspecified atom stereocenters. The number of hydrogen-bond acceptors (Lipinski definition) is 5. The molecular formula is C32H33F3N2O5. The fourth-order valence-electron chi connectivity index (χ4n) is 5.65. The van der Waals surface area contributed by atoms with Crippen LogP contribution >= 0.6 is 0 Å². The molecule has 0 fully saturated rings. The smallest absolute Gasteiger partial charge is 0.417 e. The van der Waals surface area contributed by atoms with E-state index in [9.17, 15) is 22.8 Å². The van der Waals surface area contributed by atoms with E-state index in [1.165, 1.54) is 24.3 Å². The molecule has 7 nitrogen and oxygen atoms in total. The zero-order valence-corrected chi connectivity index (χ0v) is 23.6. The van der Waals surface area contributed by atoms with Crippen LogP contribution in [0.4, 0.5) is 13.2 Å². The zero-order chi connectivity index (χ0) is 29.9. The number of fused-ring (bicyclic) bond motifs is 3. The molecule has 0 radical (unpaired) electrons. The van der Waals surface area contributed by atoms with Crippen molar-refractivity contribution >= 4 is 22.8 Å². The predicted octanol–water partition coefficient (Wildman–Crippen LogP) is 7.44. The van der Waals surface area contributed by atoms with Crippen LogP contribution in [0.5, 0.6) is 5.75 Å². The number of hydrogen-bond donors (Lipinski definition) is 1. The molecule has 2 aromatic heterocycles. The number of H-pyrrole nitrogens is 1. The number of aromatic nitrogens is 1. The fraction of sp³-hybridized carbons (Fsp3) is 0.375. The molecule has 5 rings (SSSR count). The highest BCUT2D eigenvalue weighted by Gasteiger charge is 2.38. The minimum Gasteiger partial charge on any atom is -0.497 e. The van der Waals surface area contributed by atoms with E-state index in [-0.39, 0.29) is 29.6 Å². The van der Waals surface area contributed by atoms with Crippen molar-refractivity contribution in [3.8, 4) is 17.1 Å². The molecule has 4 aromatic rings. The number of carbonyl (C=O) groups is 2. The number of nitrogens with one attached hydrogen (secondary N) is 1. The second-order valence-corrected chi connectivity index (χ2v) is 10.3. The van der Waals surface area contributed by atoms with E-state index in [0.29, 0.717) is 56.8 Å². The molecule has 2 aromatic carbocycles. The van der Waals surface area contributed by atoms with E-state index in [2.05, 4.69) is 4.98 Å². The van der Waals surface area contributed by atoms with Gasteiger partial charge in [-0.2, -0.15) is 13.2 Å². The van der Waals surface area contributed by atoms with Gasteiger partial charge in [-0.15, -0.1) is 0 Å². The molecule has 1 aliphatic heterocycles. The van der Waals surface area contributed by atoms with Gasteiger partial charge in [-0.1, -0.05) is 24.6 Å². The van der Waals surface area contributed by atoms with Gasteiger partial charge in [-0.3, -0.25) is 9.59 Å². The Hall–Kier alpha value is -4.21. The molecule has 222 valence electrons. The van der Waals surface area contributed by atoms with Crippen molar-refractivity contribution in [1.82, 2.24) is 9.88 Å². The highest BCUT2D eigenvalue weighted by molar-refractivity contribution is 5.88. The van der Waals surface area contributed by atoms with E-state index < -0.39 is 17.8 Å². The highest BCUT2D eigenvalue weighted by atomic mass is 19.4. The Morgan fingerprint density at radius 1 is 1.05 bits per heavy atom. The number of alkyl halides is 3. The maximum atomic E-state index is 13.8. The molecule has 0 saturated heterocycles. The molecule has 42 heavy (non-hydrogen) atoms. The zero-order valence-electron chi connectivity index (χ0n) is 23.6. The minimum absolute atomic E-state index is 0.0619. The van der Waals surface area contributed by atoms with Crippen molar-refractivity contribution < 1.29 is 36.7 Å². The fourth-order valence-corrected chi connectivity index (χ4v) is 5.65. The van der Waals surface area contributed by atoms with E-state index in [0.717, 1.165) is 28.2 Å². The Labute approximate surface area is 241 Å². The van der Waals surface area contributed by atoms with Gasteiger partial charge >= 0.3 is 12.1 Å². The quantitative estimate of drug-likeness (QED) is 0.155. The summed E-state index contributed by atoms with van der Waals surface area (Å²) in [6, 6.07) is 13.5. The van der Waals surface area contributed by atoms with Crippen LogP contribution in [0.1, 0.15) is 67.7 Å². The van der Waals surface area contributed by atoms with Crippen molar-refractivity contribution in [2.45, 2.75) is 57.7 Å². The van der Waals surface area contributed by atoms with Crippen molar-refractivity contribution in [2.24, 2.45) is 0 Å². The van der Waals surface area contributed by atoms with Gasteiger partial charge < -0.3 is 23.8 Å². The number of carbonyl (C=O) groups excluding carboxylic acids is 2. The summed E-state index contributed by atoms with van der Waals surface area (Å²) in [6.45, 7) is 2.52. The van der Waals surface area contributed by atoms with Gasteiger partial charge in [0.15, 0.2) is 0 Å². The Balaban J connectivity index is 1.46. The third-order valence-electron chi connectivity index (χ3n) is 7.63. The van der Waals surface area contributed by atoms with Crippen molar-refractivity contribution in [1.29, 1.82) is 0 Å². The summed E-state index contributed by atoms with van der Waals surface area (Å²) in [5.41, 5.74) is 1.80. The number of furan rings is 1. The second-order valence-electron chi connectivity index (χ2n) is 10.3. The lowest BCUT2D eigenvalue weighted by Gasteiger charge is -2.35. The van der Waals surface area contributed by atoms with Crippen LogP contribution in [0.2, 0.25) is 0 Å². The number of nitrogens with zero attached hydrogens (tertiary/aromatic N) is 1. The molecule has 0 bridgehead atoms. The Bertz CT molecular complexity index is 1570. The van der Waals surface area contributed by atoms with Gasteiger partial charge in [-0.25, -0.2) is 0 Å². The number of rotatable bonds is 10. The normalized spacial score (nSPS) is 15.1. The number of benzene rings is 2. The summed E-state index contributed by atoms with van der Waals surface area (Å²) in [6.07, 6.45) is -1.45. The van der Waals surface area contributed by atoms with Crippen LogP contribution < -0.4 is 4.74 Å². The second kappa shape index (κ2) is 12.3. The Morgan fingerprint density at radius 2 is 1.83 bits per heavy atom. The van der Waals surface area contributed by atoms with Gasteiger partial charge in [0.05, 0.1) is 25.0 Å². The minimum atomic E-state index is -4.55. The first-order chi connectivity index (χ1) is 20.2. The average molecular weight is 583 g/mol. The van der Waals surface area contributed by atoms with Gasteiger partial charge in [0, 0.05) is 35.9 Å².